The van der Waals surface area contributed by atoms with Crippen LogP contribution in [-0.4, -0.2) is 38.2 Å². The first kappa shape index (κ1) is 15.7. The fourth-order valence-corrected chi connectivity index (χ4v) is 1.98. The predicted molar refractivity (Wildman–Crippen MR) is 57.1 cm³/mol. The molecule has 98 valence electrons. The zero-order valence-electron chi connectivity index (χ0n) is 9.63. The van der Waals surface area contributed by atoms with Crippen molar-refractivity contribution in [2.45, 2.75) is 44.7 Å². The van der Waals surface area contributed by atoms with Gasteiger partial charge in [0.25, 0.3) is 0 Å². The van der Waals surface area contributed by atoms with Crippen LogP contribution in [0.2, 0.25) is 0 Å². The summed E-state index contributed by atoms with van der Waals surface area (Å²) in [6.45, 7) is 4.54. The van der Waals surface area contributed by atoms with E-state index in [0.717, 1.165) is 0 Å². The third-order valence-corrected chi connectivity index (χ3v) is 4.34. The molecule has 0 saturated heterocycles. The third kappa shape index (κ3) is 7.05. The molecule has 1 N–H and O–H groups in total. The number of sulfone groups is 1. The van der Waals surface area contributed by atoms with Gasteiger partial charge in [0, 0.05) is 12.6 Å². The monoisotopic (exact) mass is 261 g/mol. The van der Waals surface area contributed by atoms with Crippen molar-refractivity contribution in [3.8, 4) is 0 Å². The van der Waals surface area contributed by atoms with Crippen LogP contribution in [0.1, 0.15) is 27.2 Å². The lowest BCUT2D eigenvalue weighted by Crippen LogP contribution is -2.35. The number of alkyl halides is 3. The highest BCUT2D eigenvalue weighted by Crippen LogP contribution is 2.21. The molecule has 0 saturated carbocycles. The number of hydrogen-bond acceptors (Lipinski definition) is 3. The largest absolute Gasteiger partial charge is 0.390 e. The highest BCUT2D eigenvalue weighted by molar-refractivity contribution is 7.92. The highest BCUT2D eigenvalue weighted by Gasteiger charge is 2.29. The number of nitrogens with one attached hydrogen (secondary N) is 1. The Morgan fingerprint density at radius 2 is 1.69 bits per heavy atom. The van der Waals surface area contributed by atoms with E-state index in [1.807, 2.05) is 0 Å². The summed E-state index contributed by atoms with van der Waals surface area (Å²) in [5, 5.41) is 2.06. The average Bonchev–Trinajstić information content (AvgIpc) is 1.99. The first-order valence-corrected chi connectivity index (χ1v) is 6.78. The van der Waals surface area contributed by atoms with E-state index < -0.39 is 33.7 Å². The summed E-state index contributed by atoms with van der Waals surface area (Å²) < 4.78 is 58.5. The molecule has 0 aromatic heterocycles. The third-order valence-electron chi connectivity index (χ3n) is 2.14. The highest BCUT2D eigenvalue weighted by atomic mass is 32.2. The van der Waals surface area contributed by atoms with Crippen molar-refractivity contribution in [2.24, 2.45) is 0 Å². The van der Waals surface area contributed by atoms with Crippen LogP contribution in [0.3, 0.4) is 0 Å². The average molecular weight is 261 g/mol. The van der Waals surface area contributed by atoms with Crippen molar-refractivity contribution in [3.05, 3.63) is 0 Å². The van der Waals surface area contributed by atoms with E-state index in [1.54, 1.807) is 13.8 Å². The van der Waals surface area contributed by atoms with Gasteiger partial charge in [-0.15, -0.1) is 0 Å². The molecular weight excluding hydrogens is 243 g/mol. The van der Waals surface area contributed by atoms with E-state index in [2.05, 4.69) is 5.32 Å². The molecule has 0 amide bonds. The molecule has 0 aliphatic heterocycles. The molecule has 0 aromatic carbocycles. The quantitative estimate of drug-likeness (QED) is 0.792. The van der Waals surface area contributed by atoms with Crippen LogP contribution in [-0.2, 0) is 9.84 Å². The number of hydrogen-bond donors (Lipinski definition) is 1. The lowest BCUT2D eigenvalue weighted by Gasteiger charge is -2.16. The van der Waals surface area contributed by atoms with Gasteiger partial charge in [-0.05, 0) is 20.8 Å². The zero-order valence-corrected chi connectivity index (χ0v) is 10.5. The first-order chi connectivity index (χ1) is 7.04. The number of halogens is 3. The molecule has 0 aliphatic carbocycles. The second-order valence-corrected chi connectivity index (χ2v) is 6.77. The lowest BCUT2D eigenvalue weighted by molar-refractivity contribution is -0.138. The SMILES string of the molecule is CC(CC(F)(F)F)NCCS(=O)(=O)C(C)C. The van der Waals surface area contributed by atoms with Gasteiger partial charge in [0.15, 0.2) is 9.84 Å². The Labute approximate surface area is 94.3 Å². The van der Waals surface area contributed by atoms with Crippen molar-refractivity contribution in [1.29, 1.82) is 0 Å². The van der Waals surface area contributed by atoms with Gasteiger partial charge in [0.1, 0.15) is 0 Å². The van der Waals surface area contributed by atoms with Gasteiger partial charge >= 0.3 is 6.18 Å². The Morgan fingerprint density at radius 1 is 1.19 bits per heavy atom. The van der Waals surface area contributed by atoms with Crippen LogP contribution >= 0.6 is 0 Å². The molecule has 0 heterocycles. The van der Waals surface area contributed by atoms with Crippen molar-refractivity contribution < 1.29 is 21.6 Å². The van der Waals surface area contributed by atoms with E-state index in [-0.39, 0.29) is 12.3 Å². The fourth-order valence-electron chi connectivity index (χ4n) is 1.10. The smallest absolute Gasteiger partial charge is 0.313 e. The predicted octanol–water partition coefficient (Wildman–Crippen LogP) is 1.74. The van der Waals surface area contributed by atoms with Crippen LogP contribution in [0.5, 0.6) is 0 Å². The molecule has 0 fully saturated rings. The van der Waals surface area contributed by atoms with Gasteiger partial charge in [-0.25, -0.2) is 8.42 Å². The van der Waals surface area contributed by atoms with Gasteiger partial charge in [-0.3, -0.25) is 0 Å². The maximum atomic E-state index is 11.9. The van der Waals surface area contributed by atoms with Crippen molar-refractivity contribution in [2.75, 3.05) is 12.3 Å². The van der Waals surface area contributed by atoms with Gasteiger partial charge < -0.3 is 5.32 Å². The van der Waals surface area contributed by atoms with Crippen LogP contribution in [0.25, 0.3) is 0 Å². The van der Waals surface area contributed by atoms with E-state index in [1.165, 1.54) is 6.92 Å². The topological polar surface area (TPSA) is 46.2 Å². The van der Waals surface area contributed by atoms with E-state index in [9.17, 15) is 21.6 Å². The minimum Gasteiger partial charge on any atom is -0.313 e. The minimum atomic E-state index is -4.22. The molecule has 3 nitrogen and oxygen atoms in total. The Kier molecular flexibility index (Phi) is 5.75. The summed E-state index contributed by atoms with van der Waals surface area (Å²) >= 11 is 0. The summed E-state index contributed by atoms with van der Waals surface area (Å²) in [5.74, 6) is -0.132. The molecule has 0 bridgehead atoms. The van der Waals surface area contributed by atoms with Gasteiger partial charge in [0.05, 0.1) is 17.4 Å². The Morgan fingerprint density at radius 3 is 2.06 bits per heavy atom. The summed E-state index contributed by atoms with van der Waals surface area (Å²) in [6, 6.07) is -0.762. The number of rotatable bonds is 6. The molecule has 0 aliphatic rings. The van der Waals surface area contributed by atoms with E-state index >= 15 is 0 Å². The Balaban J connectivity index is 3.92. The molecule has 0 radical (unpaired) electrons. The molecule has 0 rings (SSSR count). The molecule has 16 heavy (non-hydrogen) atoms. The molecule has 1 unspecified atom stereocenters. The lowest BCUT2D eigenvalue weighted by atomic mass is 10.2. The van der Waals surface area contributed by atoms with Gasteiger partial charge in [0.2, 0.25) is 0 Å². The summed E-state index contributed by atoms with van der Waals surface area (Å²) in [7, 11) is -3.18. The second kappa shape index (κ2) is 5.86. The maximum absolute atomic E-state index is 11.9. The second-order valence-electron chi connectivity index (χ2n) is 4.09. The van der Waals surface area contributed by atoms with Crippen molar-refractivity contribution in [1.82, 2.24) is 5.32 Å². The molecule has 1 atom stereocenters. The fraction of sp³-hybridized carbons (Fsp3) is 1.00. The van der Waals surface area contributed by atoms with E-state index in [0.29, 0.717) is 0 Å². The van der Waals surface area contributed by atoms with Crippen LogP contribution in [0, 0.1) is 0 Å². The van der Waals surface area contributed by atoms with Crippen LogP contribution < -0.4 is 5.32 Å². The normalized spacial score (nSPS) is 15.4. The van der Waals surface area contributed by atoms with Gasteiger partial charge in [-0.2, -0.15) is 13.2 Å². The summed E-state index contributed by atoms with van der Waals surface area (Å²) in [5.41, 5.74) is 0. The summed E-state index contributed by atoms with van der Waals surface area (Å²) in [4.78, 5) is 0. The van der Waals surface area contributed by atoms with Crippen molar-refractivity contribution >= 4 is 9.84 Å². The Bertz CT molecular complexity index is 298. The Hall–Kier alpha value is -0.300. The van der Waals surface area contributed by atoms with E-state index in [4.69, 9.17) is 0 Å². The van der Waals surface area contributed by atoms with Crippen LogP contribution in [0.4, 0.5) is 13.2 Å². The molecule has 0 spiro atoms. The van der Waals surface area contributed by atoms with Crippen molar-refractivity contribution in [3.63, 3.8) is 0 Å². The summed E-state index contributed by atoms with van der Waals surface area (Å²) in [6.07, 6.45) is -5.17. The first-order valence-electron chi connectivity index (χ1n) is 5.06. The van der Waals surface area contributed by atoms with Crippen LogP contribution in [0.15, 0.2) is 0 Å². The standard InChI is InChI=1S/C9H18F3NO2S/c1-7(2)16(14,15)5-4-13-8(3)6-9(10,11)12/h7-8,13H,4-6H2,1-3H3. The zero-order chi connectivity index (χ0) is 13.0. The molecular formula is C9H18F3NO2S. The minimum absolute atomic E-state index is 0.0533. The van der Waals surface area contributed by atoms with Gasteiger partial charge in [-0.1, -0.05) is 0 Å². The maximum Gasteiger partial charge on any atom is 0.390 e. The molecule has 7 heteroatoms. The molecule has 0 aromatic rings.